The number of carbonyl (C=O) groups is 2. The largest absolute Gasteiger partial charge is 0.375 e. The Hall–Kier alpha value is -1.48. The van der Waals surface area contributed by atoms with Crippen LogP contribution in [0.15, 0.2) is 5.10 Å². The van der Waals surface area contributed by atoms with Crippen molar-refractivity contribution >= 4 is 27.4 Å². The third kappa shape index (κ3) is 4.38. The minimum atomic E-state index is -3.12. The molecule has 1 N–H and O–H groups in total. The zero-order chi connectivity index (χ0) is 18.2. The summed E-state index contributed by atoms with van der Waals surface area (Å²) in [6.07, 6.45) is 2.30. The molecule has 0 unspecified atom stereocenters. The van der Waals surface area contributed by atoms with Crippen LogP contribution in [-0.4, -0.2) is 66.8 Å². The highest BCUT2D eigenvalue weighted by atomic mass is 32.2. The average molecular weight is 371 g/mol. The molecule has 9 heteroatoms. The van der Waals surface area contributed by atoms with Crippen LogP contribution in [0.4, 0.5) is 0 Å². The molecule has 0 saturated carbocycles. The minimum Gasteiger partial charge on any atom is -0.375 e. The smallest absolute Gasteiger partial charge is 0.267 e. The van der Waals surface area contributed by atoms with Crippen LogP contribution in [0.5, 0.6) is 0 Å². The lowest BCUT2D eigenvalue weighted by atomic mass is 9.93. The molecule has 25 heavy (non-hydrogen) atoms. The second kappa shape index (κ2) is 6.68. The summed E-state index contributed by atoms with van der Waals surface area (Å²) in [6, 6.07) is -0.445. The first-order valence-electron chi connectivity index (χ1n) is 8.70. The topological polar surface area (TPSA) is 105 Å². The molecule has 2 fully saturated rings. The van der Waals surface area contributed by atoms with Gasteiger partial charge in [0.25, 0.3) is 5.91 Å². The Morgan fingerprint density at radius 1 is 1.32 bits per heavy atom. The predicted molar refractivity (Wildman–Crippen MR) is 91.8 cm³/mol. The number of hydrazone groups is 1. The number of ether oxygens (including phenoxy) is 1. The van der Waals surface area contributed by atoms with E-state index in [4.69, 9.17) is 4.74 Å². The number of sulfone groups is 1. The molecule has 0 bridgehead atoms. The van der Waals surface area contributed by atoms with E-state index in [2.05, 4.69) is 10.4 Å². The number of nitrogens with zero attached hydrogens (tertiary/aromatic N) is 2. The van der Waals surface area contributed by atoms with Crippen LogP contribution < -0.4 is 5.32 Å². The first kappa shape index (κ1) is 18.3. The Morgan fingerprint density at radius 2 is 2.08 bits per heavy atom. The zero-order valence-corrected chi connectivity index (χ0v) is 15.5. The molecule has 3 heterocycles. The molecule has 3 rings (SSSR count). The van der Waals surface area contributed by atoms with Gasteiger partial charge in [-0.15, -0.1) is 0 Å². The molecule has 0 spiro atoms. The third-order valence-corrected chi connectivity index (χ3v) is 6.66. The number of hydrogen-bond acceptors (Lipinski definition) is 6. The molecule has 0 aromatic carbocycles. The van der Waals surface area contributed by atoms with Crippen molar-refractivity contribution in [1.29, 1.82) is 0 Å². The van der Waals surface area contributed by atoms with Gasteiger partial charge in [0.1, 0.15) is 5.71 Å². The Balaban J connectivity index is 1.67. The summed E-state index contributed by atoms with van der Waals surface area (Å²) >= 11 is 0. The van der Waals surface area contributed by atoms with Crippen molar-refractivity contribution in [3.05, 3.63) is 0 Å². The average Bonchev–Trinajstić information content (AvgIpc) is 2.86. The number of hydrogen-bond donors (Lipinski definition) is 1. The maximum Gasteiger partial charge on any atom is 0.267 e. The van der Waals surface area contributed by atoms with Crippen LogP contribution in [0.25, 0.3) is 0 Å². The lowest BCUT2D eigenvalue weighted by molar-refractivity contribution is -0.133. The van der Waals surface area contributed by atoms with E-state index in [1.807, 2.05) is 13.8 Å². The monoisotopic (exact) mass is 371 g/mol. The van der Waals surface area contributed by atoms with Gasteiger partial charge in [-0.25, -0.2) is 13.4 Å². The van der Waals surface area contributed by atoms with E-state index in [1.165, 1.54) is 5.01 Å². The Labute approximate surface area is 147 Å². The minimum absolute atomic E-state index is 0.0110. The van der Waals surface area contributed by atoms with Crippen molar-refractivity contribution in [2.45, 2.75) is 63.6 Å². The Morgan fingerprint density at radius 3 is 2.72 bits per heavy atom. The van der Waals surface area contributed by atoms with Gasteiger partial charge >= 0.3 is 0 Å². The quantitative estimate of drug-likeness (QED) is 0.764. The molecule has 2 saturated heterocycles. The van der Waals surface area contributed by atoms with Gasteiger partial charge in [-0.1, -0.05) is 0 Å². The fourth-order valence-electron chi connectivity index (χ4n) is 3.61. The van der Waals surface area contributed by atoms with Crippen molar-refractivity contribution in [2.24, 2.45) is 5.10 Å². The van der Waals surface area contributed by atoms with Crippen molar-refractivity contribution in [3.8, 4) is 0 Å². The standard InChI is InChI=1S/C16H25N3O5S/c1-16(2)9-11(5-7-24-16)17-15(21)13-3-4-14(20)19(18-13)12-6-8-25(22,23)10-12/h11-12H,3-10H2,1-2H3,(H,17,21)/t11-,12+/m0/s1. The number of carbonyl (C=O) groups excluding carboxylic acids is 2. The summed E-state index contributed by atoms with van der Waals surface area (Å²) < 4.78 is 29.0. The maximum absolute atomic E-state index is 12.5. The van der Waals surface area contributed by atoms with Gasteiger partial charge in [0.15, 0.2) is 9.84 Å². The van der Waals surface area contributed by atoms with Crippen LogP contribution >= 0.6 is 0 Å². The van der Waals surface area contributed by atoms with Gasteiger partial charge < -0.3 is 10.1 Å². The van der Waals surface area contributed by atoms with Crippen LogP contribution in [0.1, 0.15) is 46.0 Å². The lowest BCUT2D eigenvalue weighted by Crippen LogP contribution is -2.49. The van der Waals surface area contributed by atoms with Crippen molar-refractivity contribution < 1.29 is 22.7 Å². The molecule has 0 aliphatic carbocycles. The second-order valence-corrected chi connectivity index (χ2v) is 9.84. The number of amides is 2. The van der Waals surface area contributed by atoms with Gasteiger partial charge in [0, 0.05) is 25.5 Å². The van der Waals surface area contributed by atoms with Crippen LogP contribution in [0.2, 0.25) is 0 Å². The molecule has 140 valence electrons. The predicted octanol–water partition coefficient (Wildman–Crippen LogP) is 0.226. The molecular weight excluding hydrogens is 346 g/mol. The normalized spacial score (nSPS) is 31.5. The highest BCUT2D eigenvalue weighted by molar-refractivity contribution is 7.91. The van der Waals surface area contributed by atoms with E-state index in [1.54, 1.807) is 0 Å². The van der Waals surface area contributed by atoms with Gasteiger partial charge in [0.2, 0.25) is 5.91 Å². The fourth-order valence-corrected chi connectivity index (χ4v) is 5.30. The Kier molecular flexibility index (Phi) is 4.89. The molecule has 3 aliphatic rings. The van der Waals surface area contributed by atoms with Crippen molar-refractivity contribution in [3.63, 3.8) is 0 Å². The van der Waals surface area contributed by atoms with E-state index < -0.39 is 15.9 Å². The highest BCUT2D eigenvalue weighted by Gasteiger charge is 2.38. The fraction of sp³-hybridized carbons (Fsp3) is 0.812. The summed E-state index contributed by atoms with van der Waals surface area (Å²) in [6.45, 7) is 4.57. The third-order valence-electron chi connectivity index (χ3n) is 4.91. The van der Waals surface area contributed by atoms with Gasteiger partial charge in [0.05, 0.1) is 23.1 Å². The van der Waals surface area contributed by atoms with Gasteiger partial charge in [-0.05, 0) is 33.1 Å². The molecule has 0 radical (unpaired) electrons. The van der Waals surface area contributed by atoms with Crippen LogP contribution in [0, 0.1) is 0 Å². The van der Waals surface area contributed by atoms with Crippen LogP contribution in [0.3, 0.4) is 0 Å². The molecule has 8 nitrogen and oxygen atoms in total. The molecule has 0 aromatic heterocycles. The summed E-state index contributed by atoms with van der Waals surface area (Å²) in [5.74, 6) is -0.507. The highest BCUT2D eigenvalue weighted by Crippen LogP contribution is 2.25. The van der Waals surface area contributed by atoms with Gasteiger partial charge in [-0.2, -0.15) is 5.10 Å². The molecule has 2 amide bonds. The summed E-state index contributed by atoms with van der Waals surface area (Å²) in [5, 5.41) is 8.40. The Bertz CT molecular complexity index is 701. The summed E-state index contributed by atoms with van der Waals surface area (Å²) in [7, 11) is -3.12. The zero-order valence-electron chi connectivity index (χ0n) is 14.7. The molecule has 2 atom stereocenters. The molecule has 0 aromatic rings. The van der Waals surface area contributed by atoms with E-state index in [-0.39, 0.29) is 47.8 Å². The second-order valence-electron chi connectivity index (χ2n) is 7.61. The van der Waals surface area contributed by atoms with E-state index in [0.29, 0.717) is 18.7 Å². The molecule has 3 aliphatic heterocycles. The SMILES string of the molecule is CC1(C)C[C@@H](NC(=O)C2=NN([C@@H]3CCS(=O)(=O)C3)C(=O)CC2)CCO1. The molecular formula is C16H25N3O5S. The first-order valence-corrected chi connectivity index (χ1v) is 10.5. The van der Waals surface area contributed by atoms with E-state index >= 15 is 0 Å². The maximum atomic E-state index is 12.5. The summed E-state index contributed by atoms with van der Waals surface area (Å²) in [5.41, 5.74) is 0.0262. The van der Waals surface area contributed by atoms with E-state index in [0.717, 1.165) is 12.8 Å². The lowest BCUT2D eigenvalue weighted by Gasteiger charge is -2.36. The first-order chi connectivity index (χ1) is 11.7. The summed E-state index contributed by atoms with van der Waals surface area (Å²) in [4.78, 5) is 24.6. The van der Waals surface area contributed by atoms with Crippen LogP contribution in [-0.2, 0) is 24.2 Å². The number of nitrogens with one attached hydrogen (secondary N) is 1. The number of rotatable bonds is 3. The van der Waals surface area contributed by atoms with E-state index in [9.17, 15) is 18.0 Å². The van der Waals surface area contributed by atoms with Gasteiger partial charge in [-0.3, -0.25) is 9.59 Å². The van der Waals surface area contributed by atoms with Crippen molar-refractivity contribution in [2.75, 3.05) is 18.1 Å². The van der Waals surface area contributed by atoms with Crippen molar-refractivity contribution in [1.82, 2.24) is 10.3 Å².